The van der Waals surface area contributed by atoms with Gasteiger partial charge >= 0.3 is 0 Å². The number of ketones is 1. The van der Waals surface area contributed by atoms with Crippen LogP contribution in [0.4, 0.5) is 11.4 Å². The molecule has 1 heterocycles. The van der Waals surface area contributed by atoms with Gasteiger partial charge in [0.25, 0.3) is 5.91 Å². The summed E-state index contributed by atoms with van der Waals surface area (Å²) < 4.78 is 0.897. The fraction of sp³-hybridized carbons (Fsp3) is 0.0870. The molecular formula is C23H17BrN2O2S. The first kappa shape index (κ1) is 19.5. The van der Waals surface area contributed by atoms with Crippen LogP contribution in [0.2, 0.25) is 0 Å². The van der Waals surface area contributed by atoms with Gasteiger partial charge in [-0.1, -0.05) is 64.5 Å². The number of halogens is 1. The number of benzene rings is 3. The minimum Gasteiger partial charge on any atom is -0.305 e. The first-order valence-electron chi connectivity index (χ1n) is 9.12. The summed E-state index contributed by atoms with van der Waals surface area (Å²) in [4.78, 5) is 29.6. The number of hydrogen-bond donors (Lipinski definition) is 0. The lowest BCUT2D eigenvalue weighted by atomic mass is 10.0. The molecule has 0 spiro atoms. The molecule has 0 bridgehead atoms. The highest BCUT2D eigenvalue weighted by Crippen LogP contribution is 2.32. The highest BCUT2D eigenvalue weighted by atomic mass is 79.9. The smallest absolute Gasteiger partial charge is 0.256 e. The van der Waals surface area contributed by atoms with Gasteiger partial charge in [0.05, 0.1) is 5.69 Å². The molecule has 6 heteroatoms. The van der Waals surface area contributed by atoms with E-state index in [-0.39, 0.29) is 18.1 Å². The van der Waals surface area contributed by atoms with Gasteiger partial charge in [-0.25, -0.2) is 0 Å². The first-order chi connectivity index (χ1) is 14.1. The molecule has 0 saturated carbocycles. The molecule has 0 unspecified atom stereocenters. The van der Waals surface area contributed by atoms with E-state index in [9.17, 15) is 9.59 Å². The first-order valence-corrected chi connectivity index (χ1v) is 10.3. The highest BCUT2D eigenvalue weighted by Gasteiger charge is 2.44. The largest absolute Gasteiger partial charge is 0.305 e. The summed E-state index contributed by atoms with van der Waals surface area (Å²) in [7, 11) is 0. The summed E-state index contributed by atoms with van der Waals surface area (Å²) in [5.41, 5.74) is 2.05. The Kier molecular flexibility index (Phi) is 5.56. The van der Waals surface area contributed by atoms with E-state index in [1.165, 1.54) is 4.90 Å². The Hall–Kier alpha value is -2.83. The van der Waals surface area contributed by atoms with Gasteiger partial charge < -0.3 is 4.90 Å². The minimum atomic E-state index is -0.693. The van der Waals surface area contributed by atoms with E-state index in [4.69, 9.17) is 12.2 Å². The lowest BCUT2D eigenvalue weighted by Gasteiger charge is -2.23. The molecule has 1 fully saturated rings. The Morgan fingerprint density at radius 3 is 2.00 bits per heavy atom. The average molecular weight is 465 g/mol. The maximum atomic E-state index is 13.4. The summed E-state index contributed by atoms with van der Waals surface area (Å²) in [5, 5.41) is 0.376. The molecule has 1 amide bonds. The number of anilines is 2. The number of rotatable bonds is 5. The molecule has 1 atom stereocenters. The molecule has 4 rings (SSSR count). The van der Waals surface area contributed by atoms with E-state index in [1.54, 1.807) is 17.0 Å². The van der Waals surface area contributed by atoms with Crippen LogP contribution in [-0.4, -0.2) is 22.8 Å². The van der Waals surface area contributed by atoms with Crippen molar-refractivity contribution in [2.45, 2.75) is 12.5 Å². The molecule has 0 N–H and O–H groups in total. The number of para-hydroxylation sites is 2. The van der Waals surface area contributed by atoms with Crippen LogP contribution < -0.4 is 9.80 Å². The van der Waals surface area contributed by atoms with Crippen LogP contribution in [-0.2, 0) is 4.79 Å². The number of thiocarbonyl (C=S) groups is 1. The van der Waals surface area contributed by atoms with Crippen LogP contribution in [0.15, 0.2) is 89.4 Å². The topological polar surface area (TPSA) is 40.6 Å². The molecule has 3 aromatic carbocycles. The van der Waals surface area contributed by atoms with Gasteiger partial charge in [0, 0.05) is 22.1 Å². The van der Waals surface area contributed by atoms with Crippen molar-refractivity contribution in [3.63, 3.8) is 0 Å². The molecule has 1 saturated heterocycles. The Morgan fingerprint density at radius 1 is 0.862 bits per heavy atom. The lowest BCUT2D eigenvalue weighted by molar-refractivity contribution is -0.117. The maximum absolute atomic E-state index is 13.4. The van der Waals surface area contributed by atoms with Crippen LogP contribution in [0.5, 0.6) is 0 Å². The Bertz CT molecular complexity index is 1060. The summed E-state index contributed by atoms with van der Waals surface area (Å²) in [6.45, 7) is 0. The molecule has 29 heavy (non-hydrogen) atoms. The van der Waals surface area contributed by atoms with Gasteiger partial charge in [-0.3, -0.25) is 14.5 Å². The molecule has 1 aliphatic rings. The third-order valence-electron chi connectivity index (χ3n) is 4.81. The Balaban J connectivity index is 1.70. The SMILES string of the molecule is O=C(C[C@@H]1C(=O)N(c2ccccc2)C(=S)N1c1ccccc1)c1ccc(Br)cc1. The normalized spacial score (nSPS) is 16.4. The second-order valence-corrected chi connectivity index (χ2v) is 7.93. The molecule has 144 valence electrons. The van der Waals surface area contributed by atoms with Gasteiger partial charge in [-0.2, -0.15) is 0 Å². The fourth-order valence-electron chi connectivity index (χ4n) is 3.40. The van der Waals surface area contributed by atoms with Crippen LogP contribution in [0, 0.1) is 0 Å². The Labute approximate surface area is 182 Å². The van der Waals surface area contributed by atoms with Crippen molar-refractivity contribution in [1.29, 1.82) is 0 Å². The number of nitrogens with zero attached hydrogens (tertiary/aromatic N) is 2. The van der Waals surface area contributed by atoms with Crippen LogP contribution in [0.1, 0.15) is 16.8 Å². The third-order valence-corrected chi connectivity index (χ3v) is 5.72. The van der Waals surface area contributed by atoms with E-state index in [0.717, 1.165) is 10.2 Å². The zero-order valence-corrected chi connectivity index (χ0v) is 17.8. The minimum absolute atomic E-state index is 0.0405. The number of Topliss-reactive ketones (excluding diaryl/α,β-unsaturated/α-hetero) is 1. The van der Waals surface area contributed by atoms with E-state index < -0.39 is 6.04 Å². The quantitative estimate of drug-likeness (QED) is 0.382. The predicted octanol–water partition coefficient (Wildman–Crippen LogP) is 5.23. The summed E-state index contributed by atoms with van der Waals surface area (Å²) >= 11 is 9.06. The lowest BCUT2D eigenvalue weighted by Crippen LogP contribution is -2.36. The van der Waals surface area contributed by atoms with E-state index in [1.807, 2.05) is 72.8 Å². The molecular weight excluding hydrogens is 448 g/mol. The fourth-order valence-corrected chi connectivity index (χ4v) is 4.09. The summed E-state index contributed by atoms with van der Waals surface area (Å²) in [6.07, 6.45) is 0.0405. The van der Waals surface area contributed by atoms with Gasteiger partial charge in [0.15, 0.2) is 10.9 Å². The number of amides is 1. The zero-order chi connectivity index (χ0) is 20.4. The number of carbonyl (C=O) groups is 2. The summed E-state index contributed by atoms with van der Waals surface area (Å²) in [6, 6.07) is 25.2. The van der Waals surface area contributed by atoms with Crippen molar-refractivity contribution < 1.29 is 9.59 Å². The van der Waals surface area contributed by atoms with Crippen LogP contribution in [0.3, 0.4) is 0 Å². The van der Waals surface area contributed by atoms with Gasteiger partial charge in [-0.05, 0) is 48.6 Å². The average Bonchev–Trinajstić information content (AvgIpc) is 2.99. The predicted molar refractivity (Wildman–Crippen MR) is 122 cm³/mol. The molecule has 0 aliphatic carbocycles. The second kappa shape index (κ2) is 8.27. The van der Waals surface area contributed by atoms with E-state index >= 15 is 0 Å². The van der Waals surface area contributed by atoms with Crippen molar-refractivity contribution in [3.8, 4) is 0 Å². The number of hydrogen-bond acceptors (Lipinski definition) is 3. The zero-order valence-electron chi connectivity index (χ0n) is 15.4. The van der Waals surface area contributed by atoms with Crippen molar-refractivity contribution in [3.05, 3.63) is 95.0 Å². The van der Waals surface area contributed by atoms with Crippen molar-refractivity contribution >= 4 is 56.3 Å². The second-order valence-electron chi connectivity index (χ2n) is 6.65. The van der Waals surface area contributed by atoms with E-state index in [2.05, 4.69) is 15.9 Å². The maximum Gasteiger partial charge on any atom is 0.256 e. The monoisotopic (exact) mass is 464 g/mol. The van der Waals surface area contributed by atoms with Gasteiger partial charge in [0.1, 0.15) is 6.04 Å². The Morgan fingerprint density at radius 2 is 1.41 bits per heavy atom. The molecule has 0 radical (unpaired) electrons. The van der Waals surface area contributed by atoms with Gasteiger partial charge in [-0.15, -0.1) is 0 Å². The molecule has 0 aromatic heterocycles. The third kappa shape index (κ3) is 3.86. The standard InChI is InChI=1S/C23H17BrN2O2S/c24-17-13-11-16(12-14-17)21(27)15-20-22(28)26(19-9-5-2-6-10-19)23(29)25(20)18-7-3-1-4-8-18/h1-14,20H,15H2/t20-/m1/s1. The summed E-state index contributed by atoms with van der Waals surface area (Å²) in [5.74, 6) is -0.301. The van der Waals surface area contributed by atoms with Crippen molar-refractivity contribution in [2.24, 2.45) is 0 Å². The van der Waals surface area contributed by atoms with Crippen molar-refractivity contribution in [1.82, 2.24) is 0 Å². The van der Waals surface area contributed by atoms with Crippen LogP contribution >= 0.6 is 28.1 Å². The number of carbonyl (C=O) groups excluding carboxylic acids is 2. The van der Waals surface area contributed by atoms with E-state index in [0.29, 0.717) is 16.4 Å². The molecule has 4 nitrogen and oxygen atoms in total. The van der Waals surface area contributed by atoms with Crippen molar-refractivity contribution in [2.75, 3.05) is 9.80 Å². The highest BCUT2D eigenvalue weighted by molar-refractivity contribution is 9.10. The molecule has 3 aromatic rings. The van der Waals surface area contributed by atoms with Gasteiger partial charge in [0.2, 0.25) is 0 Å². The van der Waals surface area contributed by atoms with Crippen LogP contribution in [0.25, 0.3) is 0 Å². The molecule has 1 aliphatic heterocycles.